The number of rotatable bonds is 4. The first-order valence-corrected chi connectivity index (χ1v) is 6.84. The molecule has 2 aromatic heterocycles. The summed E-state index contributed by atoms with van der Waals surface area (Å²) >= 11 is 4.98. The van der Waals surface area contributed by atoms with Gasteiger partial charge in [0.25, 0.3) is 0 Å². The molecule has 0 saturated carbocycles. The van der Waals surface area contributed by atoms with Crippen molar-refractivity contribution in [3.05, 3.63) is 54.0 Å². The third-order valence-corrected chi connectivity index (χ3v) is 2.98. The Balaban J connectivity index is 1.90. The Morgan fingerprint density at radius 2 is 1.86 bits per heavy atom. The molecule has 0 bridgehead atoms. The molecule has 0 saturated heterocycles. The van der Waals surface area contributed by atoms with Gasteiger partial charge in [0, 0.05) is 31.1 Å². The second-order valence-corrected chi connectivity index (χ2v) is 4.76. The molecule has 0 radical (unpaired) electrons. The number of aromatic nitrogens is 2. The molecule has 4 nitrogen and oxygen atoms in total. The summed E-state index contributed by atoms with van der Waals surface area (Å²) in [6.07, 6.45) is -0.930. The van der Waals surface area contributed by atoms with E-state index in [4.69, 9.17) is 12.2 Å². The van der Waals surface area contributed by atoms with Crippen LogP contribution in [0.5, 0.6) is 0 Å². The summed E-state index contributed by atoms with van der Waals surface area (Å²) in [6.45, 7) is 0.455. The first kappa shape index (κ1) is 16.2. The summed E-state index contributed by atoms with van der Waals surface area (Å²) in [4.78, 5) is 7.82. The van der Waals surface area contributed by atoms with Crippen molar-refractivity contribution in [3.63, 3.8) is 0 Å². The van der Waals surface area contributed by atoms with Crippen LogP contribution in [0.4, 0.5) is 19.0 Å². The van der Waals surface area contributed by atoms with Crippen LogP contribution in [-0.2, 0) is 12.6 Å². The number of hydrogen-bond donors (Lipinski definition) is 2. The molecule has 8 heteroatoms. The molecule has 0 aliphatic heterocycles. The van der Waals surface area contributed by atoms with Crippen molar-refractivity contribution in [2.75, 3.05) is 11.9 Å². The van der Waals surface area contributed by atoms with Gasteiger partial charge in [-0.1, -0.05) is 6.07 Å². The molecule has 0 aliphatic rings. The van der Waals surface area contributed by atoms with Gasteiger partial charge in [-0.2, -0.15) is 13.2 Å². The number of alkyl halides is 3. The number of nitrogens with one attached hydrogen (secondary N) is 2. The number of pyridine rings is 2. The lowest BCUT2D eigenvalue weighted by atomic mass is 10.2. The molecule has 0 fully saturated rings. The molecule has 0 amide bonds. The van der Waals surface area contributed by atoms with E-state index in [-0.39, 0.29) is 10.9 Å². The van der Waals surface area contributed by atoms with E-state index in [2.05, 4.69) is 20.6 Å². The van der Waals surface area contributed by atoms with E-state index in [9.17, 15) is 13.2 Å². The van der Waals surface area contributed by atoms with E-state index < -0.39 is 11.7 Å². The van der Waals surface area contributed by atoms with Gasteiger partial charge in [-0.3, -0.25) is 4.98 Å². The molecular weight excluding hydrogens is 313 g/mol. The fraction of sp³-hybridized carbons (Fsp3) is 0.214. The highest BCUT2D eigenvalue weighted by molar-refractivity contribution is 7.80. The van der Waals surface area contributed by atoms with Gasteiger partial charge in [0.1, 0.15) is 5.82 Å². The molecule has 0 spiro atoms. The maximum absolute atomic E-state index is 12.8. The molecular formula is C14H13F3N4S. The van der Waals surface area contributed by atoms with E-state index in [1.54, 1.807) is 6.20 Å². The largest absolute Gasteiger partial charge is 0.419 e. The maximum Gasteiger partial charge on any atom is 0.419 e. The number of anilines is 1. The zero-order valence-corrected chi connectivity index (χ0v) is 12.2. The average molecular weight is 326 g/mol. The van der Waals surface area contributed by atoms with Crippen LogP contribution in [0.25, 0.3) is 0 Å². The summed E-state index contributed by atoms with van der Waals surface area (Å²) < 4.78 is 38.5. The van der Waals surface area contributed by atoms with Crippen molar-refractivity contribution < 1.29 is 13.2 Å². The van der Waals surface area contributed by atoms with Gasteiger partial charge in [-0.25, -0.2) is 4.98 Å². The summed E-state index contributed by atoms with van der Waals surface area (Å²) in [7, 11) is 0. The van der Waals surface area contributed by atoms with Crippen LogP contribution in [0.1, 0.15) is 11.3 Å². The predicted molar refractivity (Wildman–Crippen MR) is 81.4 cm³/mol. The molecule has 2 N–H and O–H groups in total. The third kappa shape index (κ3) is 4.66. The van der Waals surface area contributed by atoms with Gasteiger partial charge in [0.05, 0.1) is 5.56 Å². The Labute approximate surface area is 130 Å². The summed E-state index contributed by atoms with van der Waals surface area (Å²) in [6, 6.07) is 7.71. The van der Waals surface area contributed by atoms with Crippen LogP contribution < -0.4 is 10.6 Å². The van der Waals surface area contributed by atoms with Crippen LogP contribution in [0.2, 0.25) is 0 Å². The summed E-state index contributed by atoms with van der Waals surface area (Å²) in [5, 5.41) is 5.39. The van der Waals surface area contributed by atoms with Crippen molar-refractivity contribution in [1.29, 1.82) is 0 Å². The second-order valence-electron chi connectivity index (χ2n) is 4.35. The first-order chi connectivity index (χ1) is 10.5. The Hall–Kier alpha value is -2.22. The Bertz CT molecular complexity index is 631. The molecule has 0 unspecified atom stereocenters. The SMILES string of the molecule is FC(F)(F)c1cccnc1NC(=S)NCCc1ccccn1. The average Bonchev–Trinajstić information content (AvgIpc) is 2.48. The van der Waals surface area contributed by atoms with Gasteiger partial charge in [-0.15, -0.1) is 0 Å². The maximum atomic E-state index is 12.8. The van der Waals surface area contributed by atoms with Gasteiger partial charge >= 0.3 is 6.18 Å². The molecule has 0 aromatic carbocycles. The highest BCUT2D eigenvalue weighted by Gasteiger charge is 2.34. The van der Waals surface area contributed by atoms with Crippen LogP contribution >= 0.6 is 12.2 Å². The molecule has 22 heavy (non-hydrogen) atoms. The zero-order chi connectivity index (χ0) is 16.0. The molecule has 2 rings (SSSR count). The van der Waals surface area contributed by atoms with Crippen molar-refractivity contribution >= 4 is 23.1 Å². The van der Waals surface area contributed by atoms with Crippen molar-refractivity contribution in [3.8, 4) is 0 Å². The minimum Gasteiger partial charge on any atom is -0.362 e. The summed E-state index contributed by atoms with van der Waals surface area (Å²) in [5.74, 6) is -0.315. The van der Waals surface area contributed by atoms with Crippen molar-refractivity contribution in [2.45, 2.75) is 12.6 Å². The van der Waals surface area contributed by atoms with Crippen LogP contribution in [0, 0.1) is 0 Å². The van der Waals surface area contributed by atoms with Crippen LogP contribution in [-0.4, -0.2) is 21.6 Å². The first-order valence-electron chi connectivity index (χ1n) is 6.44. The standard InChI is InChI=1S/C14H13F3N4S/c15-14(16,17)11-5-3-8-19-12(11)21-13(22)20-9-6-10-4-1-2-7-18-10/h1-5,7-8H,6,9H2,(H2,19,20,21,22). The van der Waals surface area contributed by atoms with Gasteiger partial charge in [0.2, 0.25) is 0 Å². The lowest BCUT2D eigenvalue weighted by Crippen LogP contribution is -2.31. The van der Waals surface area contributed by atoms with Crippen molar-refractivity contribution in [1.82, 2.24) is 15.3 Å². The highest BCUT2D eigenvalue weighted by atomic mass is 32.1. The number of thiocarbonyl (C=S) groups is 1. The minimum absolute atomic E-state index is 0.0835. The molecule has 2 heterocycles. The highest BCUT2D eigenvalue weighted by Crippen LogP contribution is 2.33. The quantitative estimate of drug-likeness (QED) is 0.846. The third-order valence-electron chi connectivity index (χ3n) is 2.74. The predicted octanol–water partition coefficient (Wildman–Crippen LogP) is 3.02. The Morgan fingerprint density at radius 1 is 1.09 bits per heavy atom. The smallest absolute Gasteiger partial charge is 0.362 e. The monoisotopic (exact) mass is 326 g/mol. The lowest BCUT2D eigenvalue weighted by molar-refractivity contribution is -0.137. The van der Waals surface area contributed by atoms with E-state index >= 15 is 0 Å². The number of halogens is 3. The number of hydrogen-bond acceptors (Lipinski definition) is 3. The lowest BCUT2D eigenvalue weighted by Gasteiger charge is -2.14. The van der Waals surface area contributed by atoms with E-state index in [1.807, 2.05) is 18.2 Å². The minimum atomic E-state index is -4.49. The fourth-order valence-corrected chi connectivity index (χ4v) is 1.93. The van der Waals surface area contributed by atoms with E-state index in [0.717, 1.165) is 11.8 Å². The van der Waals surface area contributed by atoms with Crippen LogP contribution in [0.15, 0.2) is 42.7 Å². The molecule has 116 valence electrons. The Kier molecular flexibility index (Phi) is 5.26. The fourth-order valence-electron chi connectivity index (χ4n) is 1.74. The number of nitrogens with zero attached hydrogens (tertiary/aromatic N) is 2. The van der Waals surface area contributed by atoms with Gasteiger partial charge < -0.3 is 10.6 Å². The molecule has 0 atom stereocenters. The van der Waals surface area contributed by atoms with Crippen LogP contribution in [0.3, 0.4) is 0 Å². The second kappa shape index (κ2) is 7.17. The molecule has 0 aliphatic carbocycles. The van der Waals surface area contributed by atoms with Crippen molar-refractivity contribution in [2.24, 2.45) is 0 Å². The van der Waals surface area contributed by atoms with E-state index in [0.29, 0.717) is 13.0 Å². The zero-order valence-electron chi connectivity index (χ0n) is 11.4. The van der Waals surface area contributed by atoms with E-state index in [1.165, 1.54) is 12.3 Å². The van der Waals surface area contributed by atoms with Gasteiger partial charge in [0.15, 0.2) is 5.11 Å². The normalized spacial score (nSPS) is 11.0. The topological polar surface area (TPSA) is 49.8 Å². The van der Waals surface area contributed by atoms with Gasteiger partial charge in [-0.05, 0) is 36.5 Å². The molecule has 2 aromatic rings. The summed E-state index contributed by atoms with van der Waals surface area (Å²) in [5.41, 5.74) is 0.00972. The Morgan fingerprint density at radius 3 is 2.55 bits per heavy atom.